The second-order valence-corrected chi connectivity index (χ2v) is 10.4. The van der Waals surface area contributed by atoms with E-state index in [1.807, 2.05) is 17.0 Å². The van der Waals surface area contributed by atoms with Crippen LogP contribution in [0.3, 0.4) is 0 Å². The maximum Gasteiger partial charge on any atom is 0.272 e. The van der Waals surface area contributed by atoms with Gasteiger partial charge in [-0.15, -0.1) is 11.3 Å². The molecule has 2 fully saturated rings. The van der Waals surface area contributed by atoms with E-state index in [2.05, 4.69) is 11.9 Å². The molecule has 0 bridgehead atoms. The summed E-state index contributed by atoms with van der Waals surface area (Å²) in [6.45, 7) is 5.03. The number of carbonyl (C=O) groups excluding carboxylic acids is 1. The van der Waals surface area contributed by atoms with Gasteiger partial charge in [0, 0.05) is 31.3 Å². The van der Waals surface area contributed by atoms with Gasteiger partial charge in [0.25, 0.3) is 5.56 Å². The molecule has 0 aromatic carbocycles. The molecule has 7 nitrogen and oxygen atoms in total. The molecule has 3 aromatic heterocycles. The number of thiophene rings is 1. The highest BCUT2D eigenvalue weighted by molar-refractivity contribution is 7.99. The van der Waals surface area contributed by atoms with E-state index in [-0.39, 0.29) is 23.3 Å². The summed E-state index contributed by atoms with van der Waals surface area (Å²) in [6.07, 6.45) is 5.93. The molecule has 2 aliphatic heterocycles. The van der Waals surface area contributed by atoms with Gasteiger partial charge in [0.1, 0.15) is 9.53 Å². The summed E-state index contributed by atoms with van der Waals surface area (Å²) in [6, 6.07) is 3.81. The van der Waals surface area contributed by atoms with Gasteiger partial charge in [0.05, 0.1) is 23.9 Å². The smallest absolute Gasteiger partial charge is 0.272 e. The minimum Gasteiger partial charge on any atom is -0.376 e. The van der Waals surface area contributed by atoms with Gasteiger partial charge < -0.3 is 9.64 Å². The van der Waals surface area contributed by atoms with E-state index in [1.165, 1.54) is 29.5 Å². The van der Waals surface area contributed by atoms with Crippen LogP contribution in [0.25, 0.3) is 20.4 Å². The average molecular weight is 459 g/mol. The fourth-order valence-electron chi connectivity index (χ4n) is 4.44. The average Bonchev–Trinajstić information content (AvgIpc) is 3.42. The van der Waals surface area contributed by atoms with Gasteiger partial charge in [0.2, 0.25) is 5.91 Å². The first kappa shape index (κ1) is 20.9. The fourth-order valence-corrected chi connectivity index (χ4v) is 6.37. The van der Waals surface area contributed by atoms with Gasteiger partial charge in [-0.05, 0) is 43.7 Å². The molecule has 5 rings (SSSR count). The molecule has 2 aliphatic rings. The van der Waals surface area contributed by atoms with Gasteiger partial charge >= 0.3 is 0 Å². The summed E-state index contributed by atoms with van der Waals surface area (Å²) in [5.74, 6) is 0.946. The van der Waals surface area contributed by atoms with Gasteiger partial charge in [-0.3, -0.25) is 14.2 Å². The number of hydrogen-bond acceptors (Lipinski definition) is 7. The number of rotatable bonds is 5. The number of piperidine rings is 1. The summed E-state index contributed by atoms with van der Waals surface area (Å²) in [4.78, 5) is 38.3. The van der Waals surface area contributed by atoms with Crippen molar-refractivity contribution in [1.29, 1.82) is 0 Å². The number of nitrogens with zero attached hydrogens (tertiary/aromatic N) is 4. The molecule has 164 valence electrons. The van der Waals surface area contributed by atoms with E-state index >= 15 is 0 Å². The molecule has 9 heteroatoms. The van der Waals surface area contributed by atoms with Crippen molar-refractivity contribution in [3.05, 3.63) is 28.7 Å². The third kappa shape index (κ3) is 4.23. The summed E-state index contributed by atoms with van der Waals surface area (Å²) >= 11 is 2.75. The van der Waals surface area contributed by atoms with Crippen molar-refractivity contribution in [2.45, 2.75) is 50.4 Å². The molecule has 2 saturated heterocycles. The molecule has 0 radical (unpaired) electrons. The van der Waals surface area contributed by atoms with Crippen LogP contribution in [-0.2, 0) is 16.1 Å². The zero-order chi connectivity index (χ0) is 21.4. The van der Waals surface area contributed by atoms with E-state index in [0.29, 0.717) is 27.8 Å². The Morgan fingerprint density at radius 1 is 1.35 bits per heavy atom. The molecule has 1 amide bonds. The summed E-state index contributed by atoms with van der Waals surface area (Å²) in [7, 11) is 0. The Hall–Kier alpha value is -1.97. The summed E-state index contributed by atoms with van der Waals surface area (Å²) in [5.41, 5.74) is 0.619. The monoisotopic (exact) mass is 458 g/mol. The van der Waals surface area contributed by atoms with Crippen LogP contribution in [0.1, 0.15) is 32.6 Å². The van der Waals surface area contributed by atoms with E-state index < -0.39 is 0 Å². The number of likely N-dealkylation sites (tertiary alicyclic amines) is 1. The first-order valence-corrected chi connectivity index (χ1v) is 12.7. The zero-order valence-corrected chi connectivity index (χ0v) is 19.2. The molecule has 0 spiro atoms. The van der Waals surface area contributed by atoms with Crippen LogP contribution < -0.4 is 5.56 Å². The van der Waals surface area contributed by atoms with Gasteiger partial charge in [-0.2, -0.15) is 0 Å². The van der Waals surface area contributed by atoms with E-state index in [1.54, 1.807) is 10.8 Å². The van der Waals surface area contributed by atoms with Crippen molar-refractivity contribution in [3.8, 4) is 0 Å². The molecule has 0 saturated carbocycles. The van der Waals surface area contributed by atoms with E-state index in [9.17, 15) is 9.59 Å². The number of aromatic nitrogens is 3. The first-order valence-electron chi connectivity index (χ1n) is 10.9. The Morgan fingerprint density at radius 2 is 2.26 bits per heavy atom. The molecule has 5 heterocycles. The van der Waals surface area contributed by atoms with Crippen LogP contribution in [0.4, 0.5) is 0 Å². The number of amides is 1. The highest BCUT2D eigenvalue weighted by Gasteiger charge is 2.24. The Balaban J connectivity index is 1.48. The fraction of sp³-hybridized carbons (Fsp3) is 0.545. The van der Waals surface area contributed by atoms with Crippen molar-refractivity contribution in [1.82, 2.24) is 19.4 Å². The van der Waals surface area contributed by atoms with Crippen LogP contribution in [-0.4, -0.2) is 56.9 Å². The van der Waals surface area contributed by atoms with Crippen molar-refractivity contribution >= 4 is 49.4 Å². The number of ether oxygens (including phenoxy) is 1. The van der Waals surface area contributed by atoms with Crippen molar-refractivity contribution < 1.29 is 9.53 Å². The second-order valence-electron chi connectivity index (χ2n) is 8.46. The van der Waals surface area contributed by atoms with Gasteiger partial charge in [0.15, 0.2) is 5.16 Å². The molecule has 3 aromatic rings. The zero-order valence-electron chi connectivity index (χ0n) is 17.6. The maximum absolute atomic E-state index is 13.4. The normalized spacial score (nSPS) is 21.9. The molecule has 0 aliphatic carbocycles. The van der Waals surface area contributed by atoms with Crippen LogP contribution in [0, 0.1) is 5.92 Å². The number of hydrogen-bond donors (Lipinski definition) is 0. The minimum atomic E-state index is -0.0648. The van der Waals surface area contributed by atoms with Crippen LogP contribution in [0.5, 0.6) is 0 Å². The lowest BCUT2D eigenvalue weighted by atomic mass is 10.0. The Kier molecular flexibility index (Phi) is 5.99. The third-order valence-corrected chi connectivity index (χ3v) is 8.11. The second kappa shape index (κ2) is 8.88. The standard InChI is InChI=1S/C22H26N4O3S2/c1-14-5-3-9-25(11-14)17(27)13-30-22-24-18-16-7-2-8-23-20(16)31-19(18)21(28)26(22)12-15-6-4-10-29-15/h2,7-8,14-15H,3-6,9-13H2,1H3/t14-,15+/m0/s1. The van der Waals surface area contributed by atoms with Crippen LogP contribution >= 0.6 is 23.1 Å². The van der Waals surface area contributed by atoms with Gasteiger partial charge in [-0.1, -0.05) is 18.7 Å². The number of pyridine rings is 1. The molecule has 31 heavy (non-hydrogen) atoms. The number of thioether (sulfide) groups is 1. The number of carbonyl (C=O) groups is 1. The van der Waals surface area contributed by atoms with Crippen LogP contribution in [0.2, 0.25) is 0 Å². The maximum atomic E-state index is 13.4. The molecular formula is C22H26N4O3S2. The Morgan fingerprint density at radius 3 is 3.06 bits per heavy atom. The highest BCUT2D eigenvalue weighted by atomic mass is 32.2. The Bertz CT molecular complexity index is 1170. The van der Waals surface area contributed by atoms with Crippen LogP contribution in [0.15, 0.2) is 28.3 Å². The lowest BCUT2D eigenvalue weighted by Crippen LogP contribution is -2.40. The van der Waals surface area contributed by atoms with Crippen molar-refractivity contribution in [2.24, 2.45) is 5.92 Å². The lowest BCUT2D eigenvalue weighted by molar-refractivity contribution is -0.130. The SMILES string of the molecule is C[C@H]1CCCN(C(=O)CSc2nc3c(sc4ncccc43)c(=O)n2C[C@H]2CCCO2)C1. The predicted molar refractivity (Wildman–Crippen MR) is 124 cm³/mol. The highest BCUT2D eigenvalue weighted by Crippen LogP contribution is 2.31. The predicted octanol–water partition coefficient (Wildman–Crippen LogP) is 3.54. The summed E-state index contributed by atoms with van der Waals surface area (Å²) < 4.78 is 8.12. The Labute approximate surface area is 188 Å². The molecule has 0 N–H and O–H groups in total. The number of fused-ring (bicyclic) bond motifs is 3. The van der Waals surface area contributed by atoms with E-state index in [0.717, 1.165) is 49.2 Å². The summed E-state index contributed by atoms with van der Waals surface area (Å²) in [5, 5.41) is 1.48. The molecule has 2 atom stereocenters. The topological polar surface area (TPSA) is 77.3 Å². The van der Waals surface area contributed by atoms with Gasteiger partial charge in [-0.25, -0.2) is 9.97 Å². The molecule has 0 unspecified atom stereocenters. The van der Waals surface area contributed by atoms with E-state index in [4.69, 9.17) is 9.72 Å². The van der Waals surface area contributed by atoms with Crippen molar-refractivity contribution in [3.63, 3.8) is 0 Å². The lowest BCUT2D eigenvalue weighted by Gasteiger charge is -2.30. The first-order chi connectivity index (χ1) is 15.1. The van der Waals surface area contributed by atoms with Crippen molar-refractivity contribution in [2.75, 3.05) is 25.4 Å². The molecular weight excluding hydrogens is 432 g/mol. The largest absolute Gasteiger partial charge is 0.376 e. The minimum absolute atomic E-state index is 0.0162. The third-order valence-electron chi connectivity index (χ3n) is 6.06. The quantitative estimate of drug-likeness (QED) is 0.430.